The highest BCUT2D eigenvalue weighted by atomic mass is 79.9. The van der Waals surface area contributed by atoms with Crippen LogP contribution in [0.25, 0.3) is 0 Å². The summed E-state index contributed by atoms with van der Waals surface area (Å²) in [6.45, 7) is 3.16. The number of anilines is 1. The highest BCUT2D eigenvalue weighted by Gasteiger charge is 2.30. The number of rotatable bonds is 10. The Morgan fingerprint density at radius 3 is 2.31 bits per heavy atom. The van der Waals surface area contributed by atoms with Crippen LogP contribution in [0, 0.1) is 5.82 Å². The minimum atomic E-state index is -3.80. The smallest absolute Gasteiger partial charge is 0.244 e. The standard InChI is InChI=1S/C22H27BrFN3O4S/c1-4-13-25-22(29)16(2)26(14-17-7-5-6-8-20(17)24)21(28)15-27(32(3,30)31)19-11-9-18(23)10-12-19/h5-12,16H,4,13-15H2,1-3H3,(H,25,29)/t16-/m0/s1. The summed E-state index contributed by atoms with van der Waals surface area (Å²) in [4.78, 5) is 27.1. The molecule has 0 unspecified atom stereocenters. The number of hydrogen-bond donors (Lipinski definition) is 1. The fourth-order valence-electron chi connectivity index (χ4n) is 3.01. The lowest BCUT2D eigenvalue weighted by Gasteiger charge is -2.31. The van der Waals surface area contributed by atoms with E-state index in [0.717, 1.165) is 15.0 Å². The second-order valence-electron chi connectivity index (χ2n) is 7.33. The monoisotopic (exact) mass is 527 g/mol. The molecule has 1 N–H and O–H groups in total. The van der Waals surface area contributed by atoms with Crippen LogP contribution in [0.5, 0.6) is 0 Å². The van der Waals surface area contributed by atoms with Gasteiger partial charge in [-0.05, 0) is 43.7 Å². The Hall–Kier alpha value is -2.46. The van der Waals surface area contributed by atoms with Crippen LogP contribution in [-0.4, -0.2) is 50.5 Å². The summed E-state index contributed by atoms with van der Waals surface area (Å²) in [6.07, 6.45) is 1.71. The van der Waals surface area contributed by atoms with Crippen molar-refractivity contribution in [2.45, 2.75) is 32.9 Å². The van der Waals surface area contributed by atoms with Crippen molar-refractivity contribution in [1.29, 1.82) is 0 Å². The van der Waals surface area contributed by atoms with E-state index in [2.05, 4.69) is 21.2 Å². The lowest BCUT2D eigenvalue weighted by atomic mass is 10.1. The number of nitrogens with zero attached hydrogens (tertiary/aromatic N) is 2. The molecule has 0 aromatic heterocycles. The Morgan fingerprint density at radius 1 is 1.12 bits per heavy atom. The Morgan fingerprint density at radius 2 is 1.75 bits per heavy atom. The van der Waals surface area contributed by atoms with Crippen molar-refractivity contribution < 1.29 is 22.4 Å². The molecule has 32 heavy (non-hydrogen) atoms. The number of halogens is 2. The van der Waals surface area contributed by atoms with Gasteiger partial charge in [-0.1, -0.05) is 41.1 Å². The van der Waals surface area contributed by atoms with Crippen LogP contribution in [0.15, 0.2) is 53.0 Å². The van der Waals surface area contributed by atoms with Crippen molar-refractivity contribution >= 4 is 43.5 Å². The Labute approximate surface area is 196 Å². The third-order valence-corrected chi connectivity index (χ3v) is 6.48. The number of benzene rings is 2. The second kappa shape index (κ2) is 11.4. The summed E-state index contributed by atoms with van der Waals surface area (Å²) >= 11 is 3.30. The number of amides is 2. The molecule has 0 bridgehead atoms. The minimum absolute atomic E-state index is 0.176. The maximum atomic E-state index is 14.3. The van der Waals surface area contributed by atoms with Crippen molar-refractivity contribution in [2.75, 3.05) is 23.7 Å². The zero-order valence-electron chi connectivity index (χ0n) is 18.2. The van der Waals surface area contributed by atoms with Crippen molar-refractivity contribution in [1.82, 2.24) is 10.2 Å². The van der Waals surface area contributed by atoms with Gasteiger partial charge in [-0.15, -0.1) is 0 Å². The third kappa shape index (κ3) is 7.03. The first kappa shape index (κ1) is 25.8. The molecule has 0 radical (unpaired) electrons. The molecule has 2 aromatic carbocycles. The summed E-state index contributed by atoms with van der Waals surface area (Å²) in [7, 11) is -3.80. The van der Waals surface area contributed by atoms with Crippen LogP contribution >= 0.6 is 15.9 Å². The van der Waals surface area contributed by atoms with Crippen LogP contribution in [0.3, 0.4) is 0 Å². The van der Waals surface area contributed by atoms with E-state index in [1.54, 1.807) is 30.3 Å². The van der Waals surface area contributed by atoms with Gasteiger partial charge in [0.05, 0.1) is 11.9 Å². The van der Waals surface area contributed by atoms with Crippen LogP contribution in [-0.2, 0) is 26.2 Å². The van der Waals surface area contributed by atoms with E-state index < -0.39 is 40.2 Å². The predicted octanol–water partition coefficient (Wildman–Crippen LogP) is 3.30. The molecule has 2 rings (SSSR count). The molecule has 0 heterocycles. The second-order valence-corrected chi connectivity index (χ2v) is 10.1. The molecule has 0 fully saturated rings. The van der Waals surface area contributed by atoms with Crippen molar-refractivity contribution in [2.24, 2.45) is 0 Å². The van der Waals surface area contributed by atoms with Gasteiger partial charge in [-0.3, -0.25) is 13.9 Å². The van der Waals surface area contributed by atoms with E-state index in [-0.39, 0.29) is 12.1 Å². The van der Waals surface area contributed by atoms with Gasteiger partial charge in [-0.2, -0.15) is 0 Å². The number of hydrogen-bond acceptors (Lipinski definition) is 4. The average molecular weight is 528 g/mol. The zero-order chi connectivity index (χ0) is 23.9. The van der Waals surface area contributed by atoms with Gasteiger partial charge in [0.15, 0.2) is 0 Å². The molecule has 2 aromatic rings. The van der Waals surface area contributed by atoms with E-state index in [1.165, 1.54) is 30.0 Å². The average Bonchev–Trinajstić information content (AvgIpc) is 2.74. The molecule has 10 heteroatoms. The highest BCUT2D eigenvalue weighted by Crippen LogP contribution is 2.22. The maximum Gasteiger partial charge on any atom is 0.244 e. The fourth-order valence-corrected chi connectivity index (χ4v) is 4.12. The van der Waals surface area contributed by atoms with Gasteiger partial charge < -0.3 is 10.2 Å². The van der Waals surface area contributed by atoms with Gasteiger partial charge in [0.1, 0.15) is 18.4 Å². The molecule has 2 amide bonds. The first-order valence-electron chi connectivity index (χ1n) is 10.1. The number of carbonyl (C=O) groups is 2. The molecule has 0 saturated carbocycles. The Balaban J connectivity index is 2.37. The first-order chi connectivity index (χ1) is 15.0. The molecule has 0 aliphatic carbocycles. The van der Waals surface area contributed by atoms with Gasteiger partial charge in [0.2, 0.25) is 21.8 Å². The van der Waals surface area contributed by atoms with Crippen LogP contribution in [0.2, 0.25) is 0 Å². The maximum absolute atomic E-state index is 14.3. The molecule has 0 aliphatic rings. The molecular weight excluding hydrogens is 501 g/mol. The molecule has 0 spiro atoms. The van der Waals surface area contributed by atoms with E-state index >= 15 is 0 Å². The lowest BCUT2D eigenvalue weighted by molar-refractivity contribution is -0.139. The van der Waals surface area contributed by atoms with Gasteiger partial charge >= 0.3 is 0 Å². The quantitative estimate of drug-likeness (QED) is 0.513. The van der Waals surface area contributed by atoms with Gasteiger partial charge in [-0.25, -0.2) is 12.8 Å². The summed E-state index contributed by atoms with van der Waals surface area (Å²) in [6, 6.07) is 11.5. The predicted molar refractivity (Wildman–Crippen MR) is 126 cm³/mol. The first-order valence-corrected chi connectivity index (χ1v) is 12.7. The molecule has 1 atom stereocenters. The zero-order valence-corrected chi connectivity index (χ0v) is 20.6. The van der Waals surface area contributed by atoms with Crippen molar-refractivity contribution in [3.05, 3.63) is 64.4 Å². The van der Waals surface area contributed by atoms with Crippen LogP contribution in [0.1, 0.15) is 25.8 Å². The molecule has 7 nitrogen and oxygen atoms in total. The minimum Gasteiger partial charge on any atom is -0.354 e. The van der Waals surface area contributed by atoms with Gasteiger partial charge in [0.25, 0.3) is 0 Å². The van der Waals surface area contributed by atoms with Crippen LogP contribution < -0.4 is 9.62 Å². The van der Waals surface area contributed by atoms with E-state index in [9.17, 15) is 22.4 Å². The van der Waals surface area contributed by atoms with Crippen LogP contribution in [0.4, 0.5) is 10.1 Å². The Kier molecular flexibility index (Phi) is 9.21. The number of sulfonamides is 1. The Bertz CT molecular complexity index is 1050. The summed E-state index contributed by atoms with van der Waals surface area (Å²) < 4.78 is 40.9. The molecular formula is C22H27BrFN3O4S. The van der Waals surface area contributed by atoms with Crippen molar-refractivity contribution in [3.8, 4) is 0 Å². The summed E-state index contributed by atoms with van der Waals surface area (Å²) in [5.74, 6) is -1.54. The van der Waals surface area contributed by atoms with Gasteiger partial charge in [0, 0.05) is 23.1 Å². The lowest BCUT2D eigenvalue weighted by Crippen LogP contribution is -2.51. The number of carbonyl (C=O) groups excluding carboxylic acids is 2. The summed E-state index contributed by atoms with van der Waals surface area (Å²) in [5, 5.41) is 2.73. The summed E-state index contributed by atoms with van der Waals surface area (Å²) in [5.41, 5.74) is 0.531. The van der Waals surface area contributed by atoms with E-state index in [0.29, 0.717) is 18.7 Å². The molecule has 0 aliphatic heterocycles. The molecule has 174 valence electrons. The molecule has 0 saturated heterocycles. The van der Waals surface area contributed by atoms with E-state index in [4.69, 9.17) is 0 Å². The largest absolute Gasteiger partial charge is 0.354 e. The topological polar surface area (TPSA) is 86.8 Å². The highest BCUT2D eigenvalue weighted by molar-refractivity contribution is 9.10. The van der Waals surface area contributed by atoms with Crippen molar-refractivity contribution in [3.63, 3.8) is 0 Å². The SMILES string of the molecule is CCCNC(=O)[C@H](C)N(Cc1ccccc1F)C(=O)CN(c1ccc(Br)cc1)S(C)(=O)=O. The third-order valence-electron chi connectivity index (χ3n) is 4.81. The number of nitrogens with one attached hydrogen (secondary N) is 1. The normalized spacial score (nSPS) is 12.2. The fraction of sp³-hybridized carbons (Fsp3) is 0.364. The van der Waals surface area contributed by atoms with E-state index in [1.807, 2.05) is 6.92 Å².